The standard InChI is InChI=1S/C17H16N4O5/c1-17(14-5-3-4-8-18-14)15(22)20(16(23)19-17)10-11-9-12(21(24)25)6-7-13(11)26-2/h3-9H,10H2,1-2H3,(H,19,23). The van der Waals surface area contributed by atoms with Gasteiger partial charge >= 0.3 is 6.03 Å². The molecule has 3 rings (SSSR count). The highest BCUT2D eigenvalue weighted by molar-refractivity contribution is 6.06. The molecule has 0 radical (unpaired) electrons. The van der Waals surface area contributed by atoms with Crippen molar-refractivity contribution in [2.75, 3.05) is 7.11 Å². The Balaban J connectivity index is 1.94. The fourth-order valence-corrected chi connectivity index (χ4v) is 2.85. The van der Waals surface area contributed by atoms with Gasteiger partial charge in [0.1, 0.15) is 5.75 Å². The van der Waals surface area contributed by atoms with Crippen molar-refractivity contribution in [1.29, 1.82) is 0 Å². The van der Waals surface area contributed by atoms with Crippen LogP contribution in [0.4, 0.5) is 10.5 Å². The van der Waals surface area contributed by atoms with E-state index in [1.54, 1.807) is 25.1 Å². The van der Waals surface area contributed by atoms with Gasteiger partial charge in [-0.1, -0.05) is 6.07 Å². The second-order valence-electron chi connectivity index (χ2n) is 5.91. The molecule has 26 heavy (non-hydrogen) atoms. The van der Waals surface area contributed by atoms with Gasteiger partial charge in [0.05, 0.1) is 24.3 Å². The van der Waals surface area contributed by atoms with Gasteiger partial charge in [-0.25, -0.2) is 4.79 Å². The van der Waals surface area contributed by atoms with Gasteiger partial charge in [0.25, 0.3) is 11.6 Å². The summed E-state index contributed by atoms with van der Waals surface area (Å²) in [7, 11) is 1.41. The van der Waals surface area contributed by atoms with Crippen LogP contribution in [0, 0.1) is 10.1 Å². The number of pyridine rings is 1. The fraction of sp³-hybridized carbons (Fsp3) is 0.235. The number of hydrogen-bond donors (Lipinski definition) is 1. The third-order valence-corrected chi connectivity index (χ3v) is 4.26. The van der Waals surface area contributed by atoms with Gasteiger partial charge in [-0.3, -0.25) is 24.8 Å². The lowest BCUT2D eigenvalue weighted by atomic mass is 9.97. The smallest absolute Gasteiger partial charge is 0.325 e. The van der Waals surface area contributed by atoms with Crippen LogP contribution in [0.5, 0.6) is 5.75 Å². The first kappa shape index (κ1) is 17.3. The number of imide groups is 1. The second kappa shape index (κ2) is 6.43. The number of benzene rings is 1. The number of amides is 3. The first-order valence-electron chi connectivity index (χ1n) is 7.73. The lowest BCUT2D eigenvalue weighted by molar-refractivity contribution is -0.384. The summed E-state index contributed by atoms with van der Waals surface area (Å²) < 4.78 is 5.19. The maximum Gasteiger partial charge on any atom is 0.325 e. The van der Waals surface area contributed by atoms with Crippen LogP contribution in [0.2, 0.25) is 0 Å². The van der Waals surface area contributed by atoms with Gasteiger partial charge in [-0.15, -0.1) is 0 Å². The molecule has 1 fully saturated rings. The molecule has 0 spiro atoms. The van der Waals surface area contributed by atoms with Crippen molar-refractivity contribution in [2.24, 2.45) is 0 Å². The molecule has 1 aliphatic heterocycles. The zero-order valence-electron chi connectivity index (χ0n) is 14.1. The highest BCUT2D eigenvalue weighted by Gasteiger charge is 2.50. The number of nitro benzene ring substituents is 1. The van der Waals surface area contributed by atoms with Crippen LogP contribution in [0.3, 0.4) is 0 Å². The first-order chi connectivity index (χ1) is 12.4. The number of methoxy groups -OCH3 is 1. The Morgan fingerprint density at radius 2 is 2.08 bits per heavy atom. The number of hydrogen-bond acceptors (Lipinski definition) is 6. The number of nitrogens with one attached hydrogen (secondary N) is 1. The molecule has 1 aromatic heterocycles. The molecule has 1 N–H and O–H groups in total. The molecule has 0 saturated carbocycles. The Morgan fingerprint density at radius 3 is 2.69 bits per heavy atom. The highest BCUT2D eigenvalue weighted by atomic mass is 16.6. The molecule has 0 aliphatic carbocycles. The number of nitrogens with zero attached hydrogens (tertiary/aromatic N) is 3. The Kier molecular flexibility index (Phi) is 4.29. The molecular formula is C17H16N4O5. The summed E-state index contributed by atoms with van der Waals surface area (Å²) in [5.41, 5.74) is -0.686. The van der Waals surface area contributed by atoms with Crippen molar-refractivity contribution in [3.63, 3.8) is 0 Å². The minimum Gasteiger partial charge on any atom is -0.496 e. The van der Waals surface area contributed by atoms with E-state index in [1.165, 1.54) is 31.5 Å². The number of carbonyl (C=O) groups excluding carboxylic acids is 2. The number of nitro groups is 1. The molecule has 0 bridgehead atoms. The van der Waals surface area contributed by atoms with E-state index in [2.05, 4.69) is 10.3 Å². The van der Waals surface area contributed by atoms with Crippen LogP contribution in [0.25, 0.3) is 0 Å². The van der Waals surface area contributed by atoms with Crippen LogP contribution in [0.15, 0.2) is 42.6 Å². The molecule has 3 amide bonds. The molecule has 1 atom stereocenters. The molecule has 9 heteroatoms. The van der Waals surface area contributed by atoms with Crippen LogP contribution in [0.1, 0.15) is 18.2 Å². The molecule has 1 aromatic carbocycles. The normalized spacial score (nSPS) is 19.4. The van der Waals surface area contributed by atoms with Crippen molar-refractivity contribution in [2.45, 2.75) is 19.0 Å². The van der Waals surface area contributed by atoms with Crippen LogP contribution < -0.4 is 10.1 Å². The Hall–Kier alpha value is -3.49. The Bertz CT molecular complexity index is 886. The maximum absolute atomic E-state index is 12.9. The number of non-ortho nitro benzene ring substituents is 1. The maximum atomic E-state index is 12.9. The summed E-state index contributed by atoms with van der Waals surface area (Å²) in [6, 6.07) is 8.50. The number of carbonyl (C=O) groups is 2. The Morgan fingerprint density at radius 1 is 1.31 bits per heavy atom. The van der Waals surface area contributed by atoms with Gasteiger partial charge in [0.2, 0.25) is 0 Å². The van der Waals surface area contributed by atoms with Crippen molar-refractivity contribution in [1.82, 2.24) is 15.2 Å². The van der Waals surface area contributed by atoms with Crippen molar-refractivity contribution < 1.29 is 19.2 Å². The lowest BCUT2D eigenvalue weighted by Gasteiger charge is -2.21. The molecule has 2 heterocycles. The van der Waals surface area contributed by atoms with Gasteiger partial charge < -0.3 is 10.1 Å². The third kappa shape index (κ3) is 2.83. The van der Waals surface area contributed by atoms with Crippen molar-refractivity contribution in [3.8, 4) is 5.75 Å². The van der Waals surface area contributed by atoms with E-state index in [0.717, 1.165) is 4.90 Å². The summed E-state index contributed by atoms with van der Waals surface area (Å²) in [4.78, 5) is 40.9. The van der Waals surface area contributed by atoms with Crippen LogP contribution >= 0.6 is 0 Å². The monoisotopic (exact) mass is 356 g/mol. The molecule has 1 saturated heterocycles. The van der Waals surface area contributed by atoms with E-state index in [-0.39, 0.29) is 12.2 Å². The zero-order chi connectivity index (χ0) is 18.9. The quantitative estimate of drug-likeness (QED) is 0.497. The van der Waals surface area contributed by atoms with Gasteiger partial charge in [0, 0.05) is 23.9 Å². The molecular weight excluding hydrogens is 340 g/mol. The van der Waals surface area contributed by atoms with Crippen molar-refractivity contribution in [3.05, 3.63) is 64.0 Å². The minimum atomic E-state index is -1.30. The summed E-state index contributed by atoms with van der Waals surface area (Å²) in [5, 5.41) is 13.6. The van der Waals surface area contributed by atoms with Crippen LogP contribution in [-0.4, -0.2) is 33.9 Å². The van der Waals surface area contributed by atoms with E-state index in [1.807, 2.05) is 0 Å². The minimum absolute atomic E-state index is 0.152. The van der Waals surface area contributed by atoms with E-state index in [9.17, 15) is 19.7 Å². The average Bonchev–Trinajstić information content (AvgIpc) is 2.86. The predicted octanol–water partition coefficient (Wildman–Crippen LogP) is 1.97. The number of ether oxygens (including phenoxy) is 1. The van der Waals surface area contributed by atoms with E-state index >= 15 is 0 Å². The van der Waals surface area contributed by atoms with Crippen LogP contribution in [-0.2, 0) is 16.9 Å². The summed E-state index contributed by atoms with van der Waals surface area (Å²) >= 11 is 0. The first-order valence-corrected chi connectivity index (χ1v) is 7.73. The summed E-state index contributed by atoms with van der Waals surface area (Å²) in [6.07, 6.45) is 1.53. The topological polar surface area (TPSA) is 115 Å². The second-order valence-corrected chi connectivity index (χ2v) is 5.91. The molecule has 1 unspecified atom stereocenters. The molecule has 2 aromatic rings. The SMILES string of the molecule is COc1ccc([N+](=O)[O-])cc1CN1C(=O)NC(C)(c2ccccn2)C1=O. The van der Waals surface area contributed by atoms with E-state index < -0.39 is 22.4 Å². The average molecular weight is 356 g/mol. The molecule has 1 aliphatic rings. The number of aromatic nitrogens is 1. The van der Waals surface area contributed by atoms with Crippen molar-refractivity contribution >= 4 is 17.6 Å². The Labute approximate surface area is 148 Å². The zero-order valence-corrected chi connectivity index (χ0v) is 14.1. The summed E-state index contributed by atoms with van der Waals surface area (Å²) in [5.74, 6) is -0.141. The lowest BCUT2D eigenvalue weighted by Crippen LogP contribution is -2.41. The highest BCUT2D eigenvalue weighted by Crippen LogP contribution is 2.31. The van der Waals surface area contributed by atoms with E-state index in [4.69, 9.17) is 4.74 Å². The molecule has 134 valence electrons. The van der Waals surface area contributed by atoms with Gasteiger partial charge in [-0.05, 0) is 25.1 Å². The number of urea groups is 1. The predicted molar refractivity (Wildman–Crippen MR) is 90.3 cm³/mol. The largest absolute Gasteiger partial charge is 0.496 e. The van der Waals surface area contributed by atoms with Gasteiger partial charge in [-0.2, -0.15) is 0 Å². The fourth-order valence-electron chi connectivity index (χ4n) is 2.85. The van der Waals surface area contributed by atoms with Gasteiger partial charge in [0.15, 0.2) is 5.54 Å². The third-order valence-electron chi connectivity index (χ3n) is 4.26. The van der Waals surface area contributed by atoms with E-state index in [0.29, 0.717) is 17.0 Å². The molecule has 9 nitrogen and oxygen atoms in total. The summed E-state index contributed by atoms with van der Waals surface area (Å²) in [6.45, 7) is 1.41. The number of rotatable bonds is 5.